The molecule has 2 rings (SSSR count). The minimum Gasteiger partial charge on any atom is -0.433 e. The van der Waals surface area contributed by atoms with Gasteiger partial charge in [0.05, 0.1) is 17.0 Å². The molecule has 1 fully saturated rings. The summed E-state index contributed by atoms with van der Waals surface area (Å²) in [6.07, 6.45) is 1.32. The molecule has 0 bridgehead atoms. The molecule has 1 amide bonds. The third-order valence-electron chi connectivity index (χ3n) is 3.87. The van der Waals surface area contributed by atoms with Crippen molar-refractivity contribution in [3.05, 3.63) is 23.2 Å². The van der Waals surface area contributed by atoms with Crippen molar-refractivity contribution in [2.24, 2.45) is 5.41 Å². The van der Waals surface area contributed by atoms with Gasteiger partial charge in [-0.25, -0.2) is 0 Å². The molecule has 1 aromatic carbocycles. The molecule has 0 atom stereocenters. The van der Waals surface area contributed by atoms with E-state index in [9.17, 15) is 13.6 Å². The number of amides is 1. The Morgan fingerprint density at radius 3 is 2.70 bits per heavy atom. The molecule has 0 aliphatic carbocycles. The minimum absolute atomic E-state index is 0.00852. The molecule has 0 unspecified atom stereocenters. The van der Waals surface area contributed by atoms with E-state index in [2.05, 4.69) is 15.4 Å². The van der Waals surface area contributed by atoms with E-state index in [1.807, 2.05) is 0 Å². The lowest BCUT2D eigenvalue weighted by atomic mass is 9.78. The Labute approximate surface area is 138 Å². The Morgan fingerprint density at radius 1 is 1.43 bits per heavy atom. The van der Waals surface area contributed by atoms with Gasteiger partial charge in [-0.2, -0.15) is 8.78 Å². The number of ether oxygens (including phenoxy) is 2. The zero-order valence-electron chi connectivity index (χ0n) is 12.7. The Morgan fingerprint density at radius 2 is 2.13 bits per heavy atom. The van der Waals surface area contributed by atoms with Gasteiger partial charge in [-0.1, -0.05) is 11.6 Å². The van der Waals surface area contributed by atoms with Crippen LogP contribution in [0.15, 0.2) is 18.2 Å². The van der Waals surface area contributed by atoms with Crippen molar-refractivity contribution in [2.75, 3.05) is 32.1 Å². The number of piperidine rings is 1. The summed E-state index contributed by atoms with van der Waals surface area (Å²) in [5.41, 5.74) is -0.180. The lowest BCUT2D eigenvalue weighted by Crippen LogP contribution is -2.47. The summed E-state index contributed by atoms with van der Waals surface area (Å²) < 4.78 is 33.9. The fourth-order valence-corrected chi connectivity index (χ4v) is 2.88. The highest BCUT2D eigenvalue weighted by atomic mass is 35.5. The Kier molecular flexibility index (Phi) is 6.15. The van der Waals surface area contributed by atoms with Crippen molar-refractivity contribution in [1.82, 2.24) is 5.32 Å². The number of halogens is 3. The third-order valence-corrected chi connectivity index (χ3v) is 4.16. The van der Waals surface area contributed by atoms with Gasteiger partial charge in [0.1, 0.15) is 5.75 Å². The fraction of sp³-hybridized carbons (Fsp3) is 0.533. The van der Waals surface area contributed by atoms with Gasteiger partial charge in [0, 0.05) is 12.8 Å². The topological polar surface area (TPSA) is 59.6 Å². The van der Waals surface area contributed by atoms with Gasteiger partial charge in [0.15, 0.2) is 0 Å². The van der Waals surface area contributed by atoms with Gasteiger partial charge in [0.2, 0.25) is 5.91 Å². The monoisotopic (exact) mass is 348 g/mol. The molecular formula is C15H19ClF2N2O3. The van der Waals surface area contributed by atoms with E-state index >= 15 is 0 Å². The van der Waals surface area contributed by atoms with Gasteiger partial charge in [-0.05, 0) is 44.1 Å². The Balaban J connectivity index is 2.10. The number of anilines is 1. The molecule has 5 nitrogen and oxygen atoms in total. The first-order valence-corrected chi connectivity index (χ1v) is 7.60. The van der Waals surface area contributed by atoms with Gasteiger partial charge in [-0.3, -0.25) is 4.79 Å². The quantitative estimate of drug-likeness (QED) is 0.830. The number of methoxy groups -OCH3 is 1. The zero-order valence-corrected chi connectivity index (χ0v) is 13.5. The van der Waals surface area contributed by atoms with E-state index in [1.165, 1.54) is 18.2 Å². The van der Waals surface area contributed by atoms with Crippen LogP contribution in [0.2, 0.25) is 5.02 Å². The normalized spacial score (nSPS) is 17.1. The zero-order chi connectivity index (χ0) is 16.9. The van der Waals surface area contributed by atoms with Crippen LogP contribution < -0.4 is 15.4 Å². The summed E-state index contributed by atoms with van der Waals surface area (Å²) in [5.74, 6) is -0.299. The van der Waals surface area contributed by atoms with Gasteiger partial charge >= 0.3 is 6.61 Å². The number of nitrogens with one attached hydrogen (secondary N) is 2. The molecule has 1 aliphatic heterocycles. The van der Waals surface area contributed by atoms with Crippen LogP contribution in [-0.2, 0) is 9.53 Å². The summed E-state index contributed by atoms with van der Waals surface area (Å²) >= 11 is 5.89. The number of hydrogen-bond donors (Lipinski definition) is 2. The molecule has 1 aliphatic rings. The second kappa shape index (κ2) is 7.90. The van der Waals surface area contributed by atoms with Crippen molar-refractivity contribution in [3.8, 4) is 5.75 Å². The minimum atomic E-state index is -2.95. The van der Waals surface area contributed by atoms with E-state index < -0.39 is 12.0 Å². The first-order valence-electron chi connectivity index (χ1n) is 7.22. The molecule has 0 aromatic heterocycles. The molecule has 1 heterocycles. The maximum absolute atomic E-state index is 12.6. The number of carbonyl (C=O) groups is 1. The number of carbonyl (C=O) groups excluding carboxylic acids is 1. The molecule has 8 heteroatoms. The highest BCUT2D eigenvalue weighted by Crippen LogP contribution is 2.33. The van der Waals surface area contributed by atoms with Crippen LogP contribution in [0, 0.1) is 5.41 Å². The van der Waals surface area contributed by atoms with Crippen LogP contribution in [-0.4, -0.2) is 39.3 Å². The molecule has 0 saturated carbocycles. The smallest absolute Gasteiger partial charge is 0.387 e. The van der Waals surface area contributed by atoms with E-state index in [-0.39, 0.29) is 16.7 Å². The maximum Gasteiger partial charge on any atom is 0.387 e. The predicted molar refractivity (Wildman–Crippen MR) is 83.1 cm³/mol. The molecular weight excluding hydrogens is 330 g/mol. The van der Waals surface area contributed by atoms with E-state index in [0.717, 1.165) is 13.1 Å². The summed E-state index contributed by atoms with van der Waals surface area (Å²) in [5, 5.41) is 6.00. The number of alkyl halides is 2. The van der Waals surface area contributed by atoms with E-state index in [0.29, 0.717) is 25.1 Å². The summed E-state index contributed by atoms with van der Waals surface area (Å²) in [6.45, 7) is -1.16. The van der Waals surface area contributed by atoms with Crippen LogP contribution in [0.25, 0.3) is 0 Å². The van der Waals surface area contributed by atoms with E-state index in [4.69, 9.17) is 16.3 Å². The summed E-state index contributed by atoms with van der Waals surface area (Å²) in [7, 11) is 1.56. The molecule has 2 N–H and O–H groups in total. The van der Waals surface area contributed by atoms with Crippen LogP contribution >= 0.6 is 11.6 Å². The predicted octanol–water partition coefficient (Wildman–Crippen LogP) is 2.90. The fourth-order valence-electron chi connectivity index (χ4n) is 2.65. The molecule has 0 spiro atoms. The molecule has 128 valence electrons. The van der Waals surface area contributed by atoms with Crippen LogP contribution in [0.4, 0.5) is 14.5 Å². The first-order chi connectivity index (χ1) is 11.0. The van der Waals surface area contributed by atoms with Crippen LogP contribution in [0.3, 0.4) is 0 Å². The third kappa shape index (κ3) is 4.53. The molecule has 1 saturated heterocycles. The van der Waals surface area contributed by atoms with Crippen molar-refractivity contribution < 1.29 is 23.0 Å². The van der Waals surface area contributed by atoms with Crippen molar-refractivity contribution in [3.63, 3.8) is 0 Å². The lowest BCUT2D eigenvalue weighted by Gasteiger charge is -2.35. The molecule has 0 radical (unpaired) electrons. The standard InChI is InChI=1S/C15H19ClF2N2O3/c1-22-9-15(4-6-19-7-5-15)13(21)20-10-2-3-12(11(16)8-10)23-14(17)18/h2-3,8,14,19H,4-7,9H2,1H3,(H,20,21). The number of benzene rings is 1. The highest BCUT2D eigenvalue weighted by Gasteiger charge is 2.39. The second-order valence-corrected chi connectivity index (χ2v) is 5.85. The molecule has 1 aromatic rings. The maximum atomic E-state index is 12.6. The Bertz CT molecular complexity index is 546. The van der Waals surface area contributed by atoms with E-state index in [1.54, 1.807) is 7.11 Å². The molecule has 23 heavy (non-hydrogen) atoms. The van der Waals surface area contributed by atoms with Crippen LogP contribution in [0.5, 0.6) is 5.75 Å². The van der Waals surface area contributed by atoms with Crippen molar-refractivity contribution in [2.45, 2.75) is 19.5 Å². The van der Waals surface area contributed by atoms with Crippen molar-refractivity contribution in [1.29, 1.82) is 0 Å². The van der Waals surface area contributed by atoms with Crippen LogP contribution in [0.1, 0.15) is 12.8 Å². The Hall–Kier alpha value is -1.44. The SMILES string of the molecule is COCC1(C(=O)Nc2ccc(OC(F)F)c(Cl)c2)CCNCC1. The van der Waals surface area contributed by atoms with Gasteiger partial charge in [-0.15, -0.1) is 0 Å². The average Bonchev–Trinajstić information content (AvgIpc) is 2.51. The van der Waals surface area contributed by atoms with Crippen molar-refractivity contribution >= 4 is 23.2 Å². The summed E-state index contributed by atoms with van der Waals surface area (Å²) in [4.78, 5) is 12.6. The highest BCUT2D eigenvalue weighted by molar-refractivity contribution is 6.32. The largest absolute Gasteiger partial charge is 0.433 e. The first kappa shape index (κ1) is 17.9. The number of hydrogen-bond acceptors (Lipinski definition) is 4. The van der Waals surface area contributed by atoms with Gasteiger partial charge < -0.3 is 20.1 Å². The van der Waals surface area contributed by atoms with Gasteiger partial charge in [0.25, 0.3) is 0 Å². The summed E-state index contributed by atoms with van der Waals surface area (Å²) in [6, 6.07) is 4.16. The number of rotatable bonds is 6. The lowest BCUT2D eigenvalue weighted by molar-refractivity contribution is -0.130. The average molecular weight is 349 g/mol. The second-order valence-electron chi connectivity index (χ2n) is 5.44.